The number of amides is 2. The van der Waals surface area contributed by atoms with Gasteiger partial charge in [-0.1, -0.05) is 18.2 Å². The molecule has 2 aromatic carbocycles. The third kappa shape index (κ3) is 5.78. The van der Waals surface area contributed by atoms with E-state index in [4.69, 9.17) is 14.9 Å². The molecular formula is C25H31N5O3. The number of hydrogen-bond donors (Lipinski definition) is 3. The van der Waals surface area contributed by atoms with E-state index in [9.17, 15) is 4.79 Å². The number of nitrogens with zero attached hydrogens (tertiary/aromatic N) is 2. The summed E-state index contributed by atoms with van der Waals surface area (Å²) in [4.78, 5) is 11.7. The highest BCUT2D eigenvalue weighted by Gasteiger charge is 2.16. The topological polar surface area (TPSA) is 101 Å². The summed E-state index contributed by atoms with van der Waals surface area (Å²) < 4.78 is 12.4. The van der Waals surface area contributed by atoms with Gasteiger partial charge in [-0.15, -0.1) is 0 Å². The number of carbonyl (C=O) groups is 1. The van der Waals surface area contributed by atoms with Crippen molar-refractivity contribution in [3.05, 3.63) is 76.6 Å². The van der Waals surface area contributed by atoms with Gasteiger partial charge < -0.3 is 20.1 Å². The van der Waals surface area contributed by atoms with Crippen LogP contribution in [0, 0.1) is 12.3 Å². The van der Waals surface area contributed by atoms with E-state index in [2.05, 4.69) is 15.7 Å². The van der Waals surface area contributed by atoms with Gasteiger partial charge in [0, 0.05) is 37.0 Å². The molecule has 1 atom stereocenters. The molecule has 0 saturated heterocycles. The molecule has 174 valence electrons. The fourth-order valence-corrected chi connectivity index (χ4v) is 3.71. The molecule has 3 aromatic rings. The van der Waals surface area contributed by atoms with Crippen LogP contribution in [0.5, 0.6) is 5.75 Å². The Morgan fingerprint density at radius 3 is 2.52 bits per heavy atom. The molecule has 33 heavy (non-hydrogen) atoms. The summed E-state index contributed by atoms with van der Waals surface area (Å²) in [6, 6.07) is 15.1. The number of rotatable bonds is 9. The minimum Gasteiger partial charge on any atom is -0.497 e. The molecule has 3 N–H and O–H groups in total. The van der Waals surface area contributed by atoms with Crippen LogP contribution in [0.1, 0.15) is 35.0 Å². The molecule has 3 rings (SSSR count). The van der Waals surface area contributed by atoms with Crippen LogP contribution in [0.2, 0.25) is 0 Å². The SMILES string of the molecule is CNC(=O)NC(C)Cc1ccc(OC)cc1C(=N)c1ccc(-n2nc(COC)cc2C)cc1. The van der Waals surface area contributed by atoms with Crippen molar-refractivity contribution in [2.45, 2.75) is 32.9 Å². The fraction of sp³-hybridized carbons (Fsp3) is 0.320. The molecule has 1 unspecified atom stereocenters. The van der Waals surface area contributed by atoms with Crippen molar-refractivity contribution in [2.24, 2.45) is 0 Å². The van der Waals surface area contributed by atoms with Crippen molar-refractivity contribution in [1.82, 2.24) is 20.4 Å². The highest BCUT2D eigenvalue weighted by molar-refractivity contribution is 6.12. The lowest BCUT2D eigenvalue weighted by Gasteiger charge is -2.18. The first-order valence-electron chi connectivity index (χ1n) is 10.8. The minimum absolute atomic E-state index is 0.101. The average molecular weight is 450 g/mol. The van der Waals surface area contributed by atoms with Gasteiger partial charge in [-0.05, 0) is 56.2 Å². The molecule has 0 bridgehead atoms. The van der Waals surface area contributed by atoms with Gasteiger partial charge in [0.2, 0.25) is 0 Å². The van der Waals surface area contributed by atoms with Crippen molar-refractivity contribution in [1.29, 1.82) is 5.41 Å². The maximum Gasteiger partial charge on any atom is 0.314 e. The van der Waals surface area contributed by atoms with Crippen LogP contribution in [0.25, 0.3) is 5.69 Å². The van der Waals surface area contributed by atoms with Crippen LogP contribution in [0.15, 0.2) is 48.5 Å². The van der Waals surface area contributed by atoms with Crippen LogP contribution in [-0.4, -0.2) is 48.8 Å². The number of methoxy groups -OCH3 is 2. The Hall–Kier alpha value is -3.65. The summed E-state index contributed by atoms with van der Waals surface area (Å²) in [6.07, 6.45) is 0.585. The van der Waals surface area contributed by atoms with Gasteiger partial charge in [-0.25, -0.2) is 9.48 Å². The maximum absolute atomic E-state index is 11.7. The second kappa shape index (κ2) is 10.8. The zero-order chi connectivity index (χ0) is 24.0. The summed E-state index contributed by atoms with van der Waals surface area (Å²) in [5, 5.41) is 18.9. The lowest BCUT2D eigenvalue weighted by Crippen LogP contribution is -2.40. The Kier molecular flexibility index (Phi) is 7.84. The first-order valence-corrected chi connectivity index (χ1v) is 10.8. The Morgan fingerprint density at radius 1 is 1.15 bits per heavy atom. The molecule has 8 nitrogen and oxygen atoms in total. The molecule has 2 amide bonds. The quantitative estimate of drug-likeness (QED) is 0.434. The van der Waals surface area contributed by atoms with Gasteiger partial charge in [-0.3, -0.25) is 5.41 Å². The molecule has 0 aliphatic rings. The van der Waals surface area contributed by atoms with Gasteiger partial charge >= 0.3 is 6.03 Å². The largest absolute Gasteiger partial charge is 0.497 e. The number of benzene rings is 2. The number of carbonyl (C=O) groups excluding carboxylic acids is 1. The van der Waals surface area contributed by atoms with Crippen molar-refractivity contribution in [3.63, 3.8) is 0 Å². The van der Waals surface area contributed by atoms with Gasteiger partial charge in [0.25, 0.3) is 0 Å². The predicted molar refractivity (Wildman–Crippen MR) is 129 cm³/mol. The van der Waals surface area contributed by atoms with Gasteiger partial charge in [0.05, 0.1) is 30.8 Å². The Morgan fingerprint density at radius 2 is 1.88 bits per heavy atom. The van der Waals surface area contributed by atoms with E-state index >= 15 is 0 Å². The molecule has 0 aliphatic carbocycles. The molecule has 8 heteroatoms. The first kappa shape index (κ1) is 24.0. The van der Waals surface area contributed by atoms with Crippen LogP contribution in [0.3, 0.4) is 0 Å². The molecule has 1 heterocycles. The summed E-state index contributed by atoms with van der Waals surface area (Å²) in [6.45, 7) is 4.40. The maximum atomic E-state index is 11.7. The predicted octanol–water partition coefficient (Wildman–Crippen LogP) is 3.61. The van der Waals surface area contributed by atoms with Crippen LogP contribution in [0.4, 0.5) is 4.79 Å². The second-order valence-electron chi connectivity index (χ2n) is 7.90. The fourth-order valence-electron chi connectivity index (χ4n) is 3.71. The summed E-state index contributed by atoms with van der Waals surface area (Å²) in [5.41, 5.74) is 5.69. The lowest BCUT2D eigenvalue weighted by molar-refractivity contribution is 0.181. The first-order chi connectivity index (χ1) is 15.9. The van der Waals surface area contributed by atoms with Crippen LogP contribution >= 0.6 is 0 Å². The van der Waals surface area contributed by atoms with Crippen molar-refractivity contribution in [3.8, 4) is 11.4 Å². The molecule has 0 saturated carbocycles. The highest BCUT2D eigenvalue weighted by Crippen LogP contribution is 2.23. The van der Waals surface area contributed by atoms with Crippen molar-refractivity contribution < 1.29 is 14.3 Å². The van der Waals surface area contributed by atoms with Gasteiger partial charge in [-0.2, -0.15) is 5.10 Å². The normalized spacial score (nSPS) is 11.7. The smallest absolute Gasteiger partial charge is 0.314 e. The van der Waals surface area contributed by atoms with Crippen molar-refractivity contribution >= 4 is 11.7 Å². The Labute approximate surface area is 194 Å². The van der Waals surface area contributed by atoms with E-state index in [1.54, 1.807) is 21.3 Å². The third-order valence-corrected chi connectivity index (χ3v) is 5.35. The van der Waals surface area contributed by atoms with Crippen LogP contribution in [-0.2, 0) is 17.8 Å². The third-order valence-electron chi connectivity index (χ3n) is 5.35. The molecule has 0 fully saturated rings. The van der Waals surface area contributed by atoms with Gasteiger partial charge in [0.15, 0.2) is 0 Å². The zero-order valence-electron chi connectivity index (χ0n) is 19.7. The number of nitrogens with one attached hydrogen (secondary N) is 3. The summed E-state index contributed by atoms with van der Waals surface area (Å²) in [5.74, 6) is 0.680. The standard InChI is InChI=1S/C25H31N5O3/c1-16(28-25(31)27-3)12-19-8-11-22(33-5)14-23(19)24(26)18-6-9-21(10-7-18)30-17(2)13-20(29-30)15-32-4/h6-11,13-14,16,26H,12,15H2,1-5H3,(H2,27,28,31). The van der Waals surface area contributed by atoms with E-state index in [1.807, 2.05) is 67.1 Å². The summed E-state index contributed by atoms with van der Waals surface area (Å²) >= 11 is 0. The van der Waals surface area contributed by atoms with Crippen molar-refractivity contribution in [2.75, 3.05) is 21.3 Å². The molecule has 0 aliphatic heterocycles. The van der Waals surface area contributed by atoms with E-state index in [0.717, 1.165) is 33.8 Å². The molecular weight excluding hydrogens is 418 g/mol. The number of ether oxygens (including phenoxy) is 2. The van der Waals surface area contributed by atoms with E-state index in [0.29, 0.717) is 24.5 Å². The van der Waals surface area contributed by atoms with E-state index in [1.165, 1.54) is 0 Å². The number of hydrogen-bond acceptors (Lipinski definition) is 5. The Balaban J connectivity index is 1.87. The number of aryl methyl sites for hydroxylation is 1. The second-order valence-corrected chi connectivity index (χ2v) is 7.90. The molecule has 1 aromatic heterocycles. The monoisotopic (exact) mass is 449 g/mol. The zero-order valence-corrected chi connectivity index (χ0v) is 19.7. The van der Waals surface area contributed by atoms with E-state index in [-0.39, 0.29) is 12.1 Å². The Bertz CT molecular complexity index is 1120. The number of aromatic nitrogens is 2. The van der Waals surface area contributed by atoms with E-state index < -0.39 is 0 Å². The minimum atomic E-state index is -0.231. The lowest BCUT2D eigenvalue weighted by atomic mass is 9.93. The average Bonchev–Trinajstić information content (AvgIpc) is 3.19. The number of urea groups is 1. The van der Waals surface area contributed by atoms with Crippen LogP contribution < -0.4 is 15.4 Å². The summed E-state index contributed by atoms with van der Waals surface area (Å²) in [7, 11) is 4.84. The van der Waals surface area contributed by atoms with Gasteiger partial charge in [0.1, 0.15) is 5.75 Å². The highest BCUT2D eigenvalue weighted by atomic mass is 16.5. The molecule has 0 radical (unpaired) electrons. The molecule has 0 spiro atoms.